The molecule has 168 valence electrons. The van der Waals surface area contributed by atoms with Gasteiger partial charge >= 0.3 is 0 Å². The molecule has 1 amide bonds. The van der Waals surface area contributed by atoms with Crippen molar-refractivity contribution in [1.29, 1.82) is 0 Å². The maximum absolute atomic E-state index is 13.8. The van der Waals surface area contributed by atoms with E-state index in [1.54, 1.807) is 25.4 Å². The van der Waals surface area contributed by atoms with Gasteiger partial charge in [0, 0.05) is 25.3 Å². The predicted molar refractivity (Wildman–Crippen MR) is 124 cm³/mol. The molecule has 2 aromatic rings. The van der Waals surface area contributed by atoms with Gasteiger partial charge in [0.2, 0.25) is 5.43 Å². The normalized spacial score (nSPS) is 29.8. The largest absolute Gasteiger partial charge is 0.495 e. The number of ether oxygens (including phenoxy) is 1. The summed E-state index contributed by atoms with van der Waals surface area (Å²) in [6, 6.07) is 6.20. The number of carbonyl (C=O) groups excluding carboxylic acids is 1. The lowest BCUT2D eigenvalue weighted by atomic mass is 9.68. The zero-order valence-electron chi connectivity index (χ0n) is 18.7. The third kappa shape index (κ3) is 3.03. The van der Waals surface area contributed by atoms with Gasteiger partial charge in [-0.05, 0) is 62.6 Å². The molecule has 6 rings (SSSR count). The second-order valence-corrected chi connectivity index (χ2v) is 9.92. The first-order valence-electron chi connectivity index (χ1n) is 12.1. The number of benzene rings is 1. The maximum atomic E-state index is 13.8. The average molecular weight is 434 g/mol. The van der Waals surface area contributed by atoms with Crippen LogP contribution < -0.4 is 10.2 Å². The third-order valence-corrected chi connectivity index (χ3v) is 8.24. The average Bonchev–Trinajstić information content (AvgIpc) is 2.83. The summed E-state index contributed by atoms with van der Waals surface area (Å²) >= 11 is 0. The lowest BCUT2D eigenvalue weighted by molar-refractivity contribution is 0.00143. The topological polar surface area (TPSA) is 65.6 Å². The Morgan fingerprint density at radius 2 is 2.09 bits per heavy atom. The highest BCUT2D eigenvalue weighted by atomic mass is 16.5. The molecule has 4 atom stereocenters. The van der Waals surface area contributed by atoms with Crippen LogP contribution in [0.2, 0.25) is 0 Å². The standard InChI is InChI=1S/C26H31N3O3/c1-32-22-9-4-7-19-23(22)27-14-20(25(19)30)26(31)29-11-5-6-16-12-17-13-18(24(16)29)15-28-10-3-2-8-21(17)28/h4,7,9,12,14,17-18,21,24H,2-3,5-6,8,10-11,13,15H2,1H3,(H,27,30)/t17-,18+,21-,24+/m0/s1. The molecule has 1 aliphatic carbocycles. The molecule has 0 saturated carbocycles. The smallest absolute Gasteiger partial charge is 0.259 e. The van der Waals surface area contributed by atoms with Crippen molar-refractivity contribution in [2.45, 2.75) is 50.6 Å². The summed E-state index contributed by atoms with van der Waals surface area (Å²) in [4.78, 5) is 34.9. The Balaban J connectivity index is 1.36. The van der Waals surface area contributed by atoms with Crippen molar-refractivity contribution in [1.82, 2.24) is 14.8 Å². The molecular formula is C26H31N3O3. The summed E-state index contributed by atoms with van der Waals surface area (Å²) in [7, 11) is 1.58. The van der Waals surface area contributed by atoms with Crippen molar-refractivity contribution in [3.05, 3.63) is 51.8 Å². The number of nitrogens with zero attached hydrogens (tertiary/aromatic N) is 2. The number of likely N-dealkylation sites (tertiary alicyclic amines) is 1. The molecule has 1 aromatic heterocycles. The van der Waals surface area contributed by atoms with Crippen LogP contribution in [0, 0.1) is 11.8 Å². The second-order valence-electron chi connectivity index (χ2n) is 9.92. The van der Waals surface area contributed by atoms with Gasteiger partial charge in [-0.15, -0.1) is 0 Å². The van der Waals surface area contributed by atoms with Crippen LogP contribution >= 0.6 is 0 Å². The molecule has 3 fully saturated rings. The predicted octanol–water partition coefficient (Wildman–Crippen LogP) is 3.57. The first-order chi connectivity index (χ1) is 15.7. The van der Waals surface area contributed by atoms with E-state index in [1.807, 2.05) is 11.0 Å². The molecule has 0 unspecified atom stereocenters. The summed E-state index contributed by atoms with van der Waals surface area (Å²) in [5, 5.41) is 0.500. The van der Waals surface area contributed by atoms with E-state index < -0.39 is 0 Å². The van der Waals surface area contributed by atoms with E-state index in [-0.39, 0.29) is 22.9 Å². The van der Waals surface area contributed by atoms with Crippen LogP contribution in [0.25, 0.3) is 10.9 Å². The number of para-hydroxylation sites is 1. The van der Waals surface area contributed by atoms with Gasteiger partial charge in [0.25, 0.3) is 5.91 Å². The Bertz CT molecular complexity index is 1150. The molecular weight excluding hydrogens is 402 g/mol. The Kier molecular flexibility index (Phi) is 4.86. The van der Waals surface area contributed by atoms with E-state index in [9.17, 15) is 9.59 Å². The summed E-state index contributed by atoms with van der Waals surface area (Å²) < 4.78 is 5.38. The van der Waals surface area contributed by atoms with Gasteiger partial charge in [-0.25, -0.2) is 0 Å². The van der Waals surface area contributed by atoms with Crippen LogP contribution in [0.4, 0.5) is 0 Å². The monoisotopic (exact) mass is 433 g/mol. The number of H-pyrrole nitrogens is 1. The number of carbonyl (C=O) groups is 1. The number of nitrogens with one attached hydrogen (secondary N) is 1. The zero-order chi connectivity index (χ0) is 21.8. The Hall–Kier alpha value is -2.60. The van der Waals surface area contributed by atoms with Gasteiger partial charge in [-0.3, -0.25) is 14.5 Å². The maximum Gasteiger partial charge on any atom is 0.259 e. The van der Waals surface area contributed by atoms with Gasteiger partial charge < -0.3 is 14.6 Å². The van der Waals surface area contributed by atoms with Crippen LogP contribution in [0.15, 0.2) is 40.8 Å². The van der Waals surface area contributed by atoms with Crippen LogP contribution in [0.5, 0.6) is 5.75 Å². The fourth-order valence-electron chi connectivity index (χ4n) is 6.91. The number of methoxy groups -OCH3 is 1. The van der Waals surface area contributed by atoms with E-state index in [4.69, 9.17) is 4.74 Å². The van der Waals surface area contributed by atoms with E-state index >= 15 is 0 Å². The van der Waals surface area contributed by atoms with E-state index in [1.165, 1.54) is 37.8 Å². The van der Waals surface area contributed by atoms with E-state index in [0.29, 0.717) is 34.5 Å². The lowest BCUT2D eigenvalue weighted by Gasteiger charge is -2.54. The number of hydrogen-bond donors (Lipinski definition) is 1. The van der Waals surface area contributed by atoms with Crippen LogP contribution in [-0.2, 0) is 0 Å². The first-order valence-corrected chi connectivity index (χ1v) is 12.1. The molecule has 6 heteroatoms. The summed E-state index contributed by atoms with van der Waals surface area (Å²) in [5.41, 5.74) is 2.10. The Morgan fingerprint density at radius 1 is 1.19 bits per heavy atom. The van der Waals surface area contributed by atoms with Crippen LogP contribution in [0.1, 0.15) is 48.9 Å². The number of rotatable bonds is 2. The molecule has 1 N–H and O–H groups in total. The van der Waals surface area contributed by atoms with Crippen molar-refractivity contribution in [2.75, 3.05) is 26.7 Å². The van der Waals surface area contributed by atoms with Crippen molar-refractivity contribution < 1.29 is 9.53 Å². The minimum absolute atomic E-state index is 0.134. The minimum Gasteiger partial charge on any atom is -0.495 e. The van der Waals surface area contributed by atoms with E-state index in [0.717, 1.165) is 25.9 Å². The summed E-state index contributed by atoms with van der Waals surface area (Å²) in [6.45, 7) is 2.99. The second kappa shape index (κ2) is 7.77. The number of hydrogen-bond acceptors (Lipinski definition) is 4. The quantitative estimate of drug-likeness (QED) is 0.736. The summed E-state index contributed by atoms with van der Waals surface area (Å²) in [5.74, 6) is 1.58. The number of amides is 1. The van der Waals surface area contributed by atoms with Gasteiger partial charge in [-0.1, -0.05) is 24.1 Å². The zero-order valence-corrected chi connectivity index (χ0v) is 18.7. The molecule has 0 spiro atoms. The molecule has 3 aliphatic heterocycles. The number of fused-ring (bicyclic) bond motifs is 7. The fraction of sp³-hybridized carbons (Fsp3) is 0.538. The van der Waals surface area contributed by atoms with Crippen LogP contribution in [-0.4, -0.2) is 59.5 Å². The number of aromatic nitrogens is 1. The van der Waals surface area contributed by atoms with Gasteiger partial charge in [-0.2, -0.15) is 0 Å². The van der Waals surface area contributed by atoms with Crippen molar-refractivity contribution in [2.24, 2.45) is 11.8 Å². The molecule has 1 aromatic carbocycles. The van der Waals surface area contributed by atoms with E-state index in [2.05, 4.69) is 16.0 Å². The highest BCUT2D eigenvalue weighted by Crippen LogP contribution is 2.45. The fourth-order valence-corrected chi connectivity index (χ4v) is 6.91. The van der Waals surface area contributed by atoms with Crippen molar-refractivity contribution in [3.63, 3.8) is 0 Å². The molecule has 32 heavy (non-hydrogen) atoms. The Morgan fingerprint density at radius 3 is 2.97 bits per heavy atom. The van der Waals surface area contributed by atoms with Crippen molar-refractivity contribution >= 4 is 16.8 Å². The molecule has 3 saturated heterocycles. The highest BCUT2D eigenvalue weighted by Gasteiger charge is 2.47. The summed E-state index contributed by atoms with van der Waals surface area (Å²) in [6.07, 6.45) is 11.3. The van der Waals surface area contributed by atoms with Crippen LogP contribution in [0.3, 0.4) is 0 Å². The van der Waals surface area contributed by atoms with Gasteiger partial charge in [0.15, 0.2) is 0 Å². The number of pyridine rings is 1. The Labute approximate surface area is 188 Å². The minimum atomic E-state index is -0.216. The third-order valence-electron chi connectivity index (χ3n) is 8.24. The van der Waals surface area contributed by atoms with Crippen molar-refractivity contribution in [3.8, 4) is 5.75 Å². The molecule has 6 nitrogen and oxygen atoms in total. The molecule has 0 radical (unpaired) electrons. The van der Waals surface area contributed by atoms with Gasteiger partial charge in [0.1, 0.15) is 11.3 Å². The molecule has 4 aliphatic rings. The first kappa shape index (κ1) is 20.0. The number of aromatic amines is 1. The molecule has 4 heterocycles. The number of piperidine rings is 3. The SMILES string of the molecule is COc1cccc2c(=O)c(C(=O)N3CCCC4=C[C@H]5C[C@H](CN6CCCC[C@@H]56)[C@@H]43)c[nH]c12. The van der Waals surface area contributed by atoms with Gasteiger partial charge in [0.05, 0.1) is 24.1 Å². The molecule has 2 bridgehead atoms. The highest BCUT2D eigenvalue weighted by molar-refractivity contribution is 5.98. The lowest BCUT2D eigenvalue weighted by Crippen LogP contribution is -2.60.